The van der Waals surface area contributed by atoms with E-state index in [-0.39, 0.29) is 5.54 Å². The van der Waals surface area contributed by atoms with E-state index in [4.69, 9.17) is 16.6 Å². The molecule has 0 bridgehead atoms. The van der Waals surface area contributed by atoms with Gasteiger partial charge < -0.3 is 11.1 Å². The minimum absolute atomic E-state index is 0.111. The standard InChI is InChI=1S/C9H24N4O/c1-4-7-13(14-11)9(2,3)8-12-6-5-10/h12H,4-8,10-11H2,1-3H3. The van der Waals surface area contributed by atoms with Gasteiger partial charge in [0, 0.05) is 26.2 Å². The Bertz CT molecular complexity index is 141. The van der Waals surface area contributed by atoms with Gasteiger partial charge in [0.1, 0.15) is 0 Å². The van der Waals surface area contributed by atoms with Gasteiger partial charge in [-0.3, -0.25) is 0 Å². The molecule has 0 saturated heterocycles. The minimum atomic E-state index is -0.111. The summed E-state index contributed by atoms with van der Waals surface area (Å²) in [6, 6.07) is 0. The first-order valence-corrected chi connectivity index (χ1v) is 5.13. The van der Waals surface area contributed by atoms with Crippen LogP contribution in [0.3, 0.4) is 0 Å². The van der Waals surface area contributed by atoms with Crippen LogP contribution in [-0.4, -0.2) is 36.8 Å². The highest BCUT2D eigenvalue weighted by Crippen LogP contribution is 2.12. The summed E-state index contributed by atoms with van der Waals surface area (Å²) >= 11 is 0. The molecule has 0 aliphatic heterocycles. The summed E-state index contributed by atoms with van der Waals surface area (Å²) in [6.07, 6.45) is 1.01. The largest absolute Gasteiger partial charge is 0.329 e. The highest BCUT2D eigenvalue weighted by Gasteiger charge is 2.26. The van der Waals surface area contributed by atoms with Crippen LogP contribution in [0.25, 0.3) is 0 Å². The van der Waals surface area contributed by atoms with Crippen molar-refractivity contribution in [2.45, 2.75) is 32.7 Å². The zero-order valence-corrected chi connectivity index (χ0v) is 9.55. The summed E-state index contributed by atoms with van der Waals surface area (Å²) in [5.41, 5.74) is 5.28. The van der Waals surface area contributed by atoms with Gasteiger partial charge in [0.15, 0.2) is 0 Å². The fourth-order valence-corrected chi connectivity index (χ4v) is 1.29. The quantitative estimate of drug-likeness (QED) is 0.378. The van der Waals surface area contributed by atoms with Crippen LogP contribution in [0.1, 0.15) is 27.2 Å². The molecule has 0 spiro atoms. The van der Waals surface area contributed by atoms with Crippen molar-refractivity contribution in [1.82, 2.24) is 10.4 Å². The van der Waals surface area contributed by atoms with E-state index in [0.717, 1.165) is 26.1 Å². The van der Waals surface area contributed by atoms with Gasteiger partial charge >= 0.3 is 0 Å². The Hall–Kier alpha value is -0.200. The van der Waals surface area contributed by atoms with E-state index in [1.165, 1.54) is 0 Å². The fraction of sp³-hybridized carbons (Fsp3) is 1.00. The molecule has 0 aromatic rings. The van der Waals surface area contributed by atoms with Crippen molar-refractivity contribution in [3.05, 3.63) is 0 Å². The number of nitrogens with zero attached hydrogens (tertiary/aromatic N) is 1. The van der Waals surface area contributed by atoms with Crippen molar-refractivity contribution in [2.24, 2.45) is 11.6 Å². The molecule has 5 nitrogen and oxygen atoms in total. The lowest BCUT2D eigenvalue weighted by Crippen LogP contribution is -2.52. The van der Waals surface area contributed by atoms with Gasteiger partial charge in [0.05, 0.1) is 5.54 Å². The molecule has 0 aromatic carbocycles. The van der Waals surface area contributed by atoms with Crippen LogP contribution in [-0.2, 0) is 4.94 Å². The molecule has 0 atom stereocenters. The molecule has 0 fully saturated rings. The summed E-state index contributed by atoms with van der Waals surface area (Å²) in [5.74, 6) is 5.22. The van der Waals surface area contributed by atoms with E-state index in [1.807, 2.05) is 0 Å². The van der Waals surface area contributed by atoms with Crippen LogP contribution in [0.15, 0.2) is 0 Å². The molecule has 86 valence electrons. The van der Waals surface area contributed by atoms with Crippen LogP contribution >= 0.6 is 0 Å². The van der Waals surface area contributed by atoms with E-state index in [1.54, 1.807) is 5.06 Å². The van der Waals surface area contributed by atoms with Crippen molar-refractivity contribution in [3.63, 3.8) is 0 Å². The number of rotatable bonds is 8. The van der Waals surface area contributed by atoms with E-state index in [0.29, 0.717) is 6.54 Å². The SMILES string of the molecule is CCCN(ON)C(C)(C)CNCCN. The molecular formula is C9H24N4O. The number of hydrogen-bond donors (Lipinski definition) is 3. The van der Waals surface area contributed by atoms with Crippen LogP contribution in [0.4, 0.5) is 0 Å². The van der Waals surface area contributed by atoms with Crippen LogP contribution in [0.2, 0.25) is 0 Å². The second-order valence-electron chi connectivity index (χ2n) is 3.99. The van der Waals surface area contributed by atoms with E-state index in [2.05, 4.69) is 26.1 Å². The Kier molecular flexibility index (Phi) is 7.04. The van der Waals surface area contributed by atoms with Gasteiger partial charge in [-0.05, 0) is 20.3 Å². The van der Waals surface area contributed by atoms with Crippen molar-refractivity contribution in [2.75, 3.05) is 26.2 Å². The second kappa shape index (κ2) is 7.14. The zero-order chi connectivity index (χ0) is 11.0. The molecule has 0 unspecified atom stereocenters. The highest BCUT2D eigenvalue weighted by molar-refractivity contribution is 4.79. The Morgan fingerprint density at radius 1 is 1.43 bits per heavy atom. The first-order chi connectivity index (χ1) is 6.58. The predicted octanol–water partition coefficient (Wildman–Crippen LogP) is -0.169. The third kappa shape index (κ3) is 4.88. The van der Waals surface area contributed by atoms with E-state index >= 15 is 0 Å². The number of hydrogen-bond acceptors (Lipinski definition) is 5. The summed E-state index contributed by atoms with van der Waals surface area (Å²) in [5, 5.41) is 5.03. The zero-order valence-electron chi connectivity index (χ0n) is 9.55. The third-order valence-corrected chi connectivity index (χ3v) is 2.11. The van der Waals surface area contributed by atoms with E-state index < -0.39 is 0 Å². The first kappa shape index (κ1) is 13.8. The van der Waals surface area contributed by atoms with Gasteiger partial charge in [-0.15, -0.1) is 0 Å². The van der Waals surface area contributed by atoms with E-state index in [9.17, 15) is 0 Å². The summed E-state index contributed by atoms with van der Waals surface area (Å²) in [4.78, 5) is 4.85. The topological polar surface area (TPSA) is 76.5 Å². The lowest BCUT2D eigenvalue weighted by molar-refractivity contribution is -0.217. The molecule has 0 aliphatic rings. The summed E-state index contributed by atoms with van der Waals surface area (Å²) in [6.45, 7) is 9.35. The first-order valence-electron chi connectivity index (χ1n) is 5.13. The van der Waals surface area contributed by atoms with Crippen molar-refractivity contribution >= 4 is 0 Å². The maximum atomic E-state index is 5.39. The highest BCUT2D eigenvalue weighted by atomic mass is 16.8. The second-order valence-corrected chi connectivity index (χ2v) is 3.99. The molecule has 0 rings (SSSR count). The Labute approximate surface area is 86.7 Å². The summed E-state index contributed by atoms with van der Waals surface area (Å²) in [7, 11) is 0. The maximum Gasteiger partial charge on any atom is 0.0549 e. The molecular weight excluding hydrogens is 180 g/mol. The number of hydroxylamine groups is 2. The van der Waals surface area contributed by atoms with Gasteiger partial charge in [-0.25, -0.2) is 4.94 Å². The summed E-state index contributed by atoms with van der Waals surface area (Å²) < 4.78 is 0. The normalized spacial score (nSPS) is 12.4. The predicted molar refractivity (Wildman–Crippen MR) is 58.3 cm³/mol. The molecule has 0 aromatic heterocycles. The van der Waals surface area contributed by atoms with Crippen molar-refractivity contribution in [3.8, 4) is 0 Å². The van der Waals surface area contributed by atoms with Gasteiger partial charge in [-0.2, -0.15) is 11.0 Å². The molecule has 0 saturated carbocycles. The molecule has 5 heteroatoms. The molecule has 0 amide bonds. The molecule has 0 radical (unpaired) electrons. The van der Waals surface area contributed by atoms with Gasteiger partial charge in [-0.1, -0.05) is 6.92 Å². The molecule has 0 aliphatic carbocycles. The number of nitrogens with one attached hydrogen (secondary N) is 1. The van der Waals surface area contributed by atoms with Crippen LogP contribution in [0, 0.1) is 0 Å². The fourth-order valence-electron chi connectivity index (χ4n) is 1.29. The minimum Gasteiger partial charge on any atom is -0.329 e. The molecule has 14 heavy (non-hydrogen) atoms. The monoisotopic (exact) mass is 204 g/mol. The Balaban J connectivity index is 3.97. The lowest BCUT2D eigenvalue weighted by atomic mass is 10.1. The van der Waals surface area contributed by atoms with Gasteiger partial charge in [0.25, 0.3) is 0 Å². The Morgan fingerprint density at radius 3 is 2.50 bits per heavy atom. The Morgan fingerprint density at radius 2 is 2.07 bits per heavy atom. The molecule has 0 heterocycles. The molecule has 5 N–H and O–H groups in total. The average Bonchev–Trinajstić information content (AvgIpc) is 2.14. The lowest BCUT2D eigenvalue weighted by Gasteiger charge is -2.35. The van der Waals surface area contributed by atoms with Crippen molar-refractivity contribution in [1.29, 1.82) is 0 Å². The average molecular weight is 204 g/mol. The van der Waals surface area contributed by atoms with Gasteiger partial charge in [0.2, 0.25) is 0 Å². The van der Waals surface area contributed by atoms with Crippen molar-refractivity contribution < 1.29 is 4.94 Å². The van der Waals surface area contributed by atoms with Crippen LogP contribution < -0.4 is 16.9 Å². The van der Waals surface area contributed by atoms with Crippen LogP contribution in [0.5, 0.6) is 0 Å². The smallest absolute Gasteiger partial charge is 0.0549 e. The third-order valence-electron chi connectivity index (χ3n) is 2.11. The maximum absolute atomic E-state index is 5.39. The number of nitrogens with two attached hydrogens (primary N) is 2.